The lowest BCUT2D eigenvalue weighted by molar-refractivity contribution is 0.807. The minimum absolute atomic E-state index is 0. The molecular weight excluding hydrogens is 124 g/mol. The maximum absolute atomic E-state index is 5.14. The van der Waals surface area contributed by atoms with Gasteiger partial charge in [-0.25, -0.2) is 0 Å². The molecule has 0 saturated carbocycles. The third kappa shape index (κ3) is 24.7. The number of rotatable bonds is 4. The van der Waals surface area contributed by atoms with Crippen molar-refractivity contribution in [2.45, 2.75) is 39.5 Å². The molecule has 0 spiro atoms. The Hall–Kier alpha value is -0.0800. The van der Waals surface area contributed by atoms with E-state index in [1.807, 2.05) is 0 Å². The lowest BCUT2D eigenvalue weighted by Crippen LogP contribution is -1.95. The summed E-state index contributed by atoms with van der Waals surface area (Å²) in [6.45, 7) is 5.95. The molecule has 10 heavy (non-hydrogen) atoms. The van der Waals surface area contributed by atoms with E-state index in [0.29, 0.717) is 0 Å². The van der Waals surface area contributed by atoms with Crippen LogP contribution in [0.25, 0.3) is 0 Å². The second-order valence-corrected chi connectivity index (χ2v) is 2.28. The number of hydrogen-bond donors (Lipinski definition) is 2. The summed E-state index contributed by atoms with van der Waals surface area (Å²) in [5.41, 5.74) is 10.3. The van der Waals surface area contributed by atoms with Gasteiger partial charge < -0.3 is 11.5 Å². The lowest BCUT2D eigenvalue weighted by atomic mass is 10.3. The Balaban J connectivity index is -0.000000107. The molecule has 0 fully saturated rings. The molecule has 0 aromatic rings. The molecule has 0 saturated heterocycles. The Morgan fingerprint density at radius 1 is 0.900 bits per heavy atom. The third-order valence-corrected chi connectivity index (χ3v) is 1.12. The van der Waals surface area contributed by atoms with Crippen molar-refractivity contribution in [2.24, 2.45) is 11.5 Å². The zero-order valence-corrected chi connectivity index (χ0v) is 7.40. The number of unbranched alkanes of at least 4 members (excludes halogenated alkanes) is 2. The van der Waals surface area contributed by atoms with Crippen molar-refractivity contribution in [3.63, 3.8) is 0 Å². The predicted molar refractivity (Wildman–Crippen MR) is 49.0 cm³/mol. The molecule has 0 amide bonds. The van der Waals surface area contributed by atoms with Crippen LogP contribution in [0.4, 0.5) is 0 Å². The smallest absolute Gasteiger partial charge is 0.330 e. The van der Waals surface area contributed by atoms with E-state index in [2.05, 4.69) is 13.8 Å². The summed E-state index contributed by atoms with van der Waals surface area (Å²) in [5.74, 6) is 0. The fourth-order valence-corrected chi connectivity index (χ4v) is 0.408. The second kappa shape index (κ2) is 16.0. The first-order valence-corrected chi connectivity index (χ1v) is 4.23. The van der Waals surface area contributed by atoms with Crippen molar-refractivity contribution in [3.8, 4) is 0 Å². The van der Waals surface area contributed by atoms with Gasteiger partial charge >= 0.3 is 1.43 Å². The van der Waals surface area contributed by atoms with E-state index in [4.69, 9.17) is 11.5 Å². The molecule has 2 nitrogen and oxygen atoms in total. The van der Waals surface area contributed by atoms with E-state index in [1.54, 1.807) is 0 Å². The van der Waals surface area contributed by atoms with Crippen LogP contribution in [0.5, 0.6) is 0 Å². The summed E-state index contributed by atoms with van der Waals surface area (Å²) in [5, 5.41) is 0. The first kappa shape index (κ1) is 12.6. The maximum Gasteiger partial charge on any atom is 1.00 e. The fraction of sp³-hybridized carbons (Fsp3) is 1.00. The number of hydrogen-bond acceptors (Lipinski definition) is 2. The van der Waals surface area contributed by atoms with Crippen molar-refractivity contribution in [1.82, 2.24) is 0 Å². The summed E-state index contributed by atoms with van der Waals surface area (Å²) >= 11 is 0. The van der Waals surface area contributed by atoms with Crippen LogP contribution in [0.3, 0.4) is 0 Å². The fourth-order valence-electron chi connectivity index (χ4n) is 0.408. The molecular formula is C8H23N2+. The molecule has 0 aliphatic rings. The van der Waals surface area contributed by atoms with Crippen molar-refractivity contribution in [2.75, 3.05) is 13.1 Å². The number of nitrogens with two attached hydrogens (primary N) is 2. The SMILES string of the molecule is CCCCN.CCCCN.[H+]. The second-order valence-electron chi connectivity index (χ2n) is 2.28. The third-order valence-electron chi connectivity index (χ3n) is 1.12. The Labute approximate surface area is 66.5 Å². The molecule has 64 valence electrons. The van der Waals surface area contributed by atoms with Crippen LogP contribution in [-0.2, 0) is 0 Å². The normalized spacial score (nSPS) is 8.40. The first-order chi connectivity index (χ1) is 4.83. The molecule has 4 N–H and O–H groups in total. The molecule has 0 unspecified atom stereocenters. The summed E-state index contributed by atoms with van der Waals surface area (Å²) in [4.78, 5) is 0. The van der Waals surface area contributed by atoms with Crippen LogP contribution in [0.2, 0.25) is 0 Å². The topological polar surface area (TPSA) is 52.0 Å². The van der Waals surface area contributed by atoms with Gasteiger partial charge in [0, 0.05) is 0 Å². The van der Waals surface area contributed by atoms with Gasteiger partial charge in [-0.15, -0.1) is 0 Å². The Kier molecular flexibility index (Phi) is 20.1. The van der Waals surface area contributed by atoms with E-state index < -0.39 is 0 Å². The molecule has 0 bridgehead atoms. The molecule has 0 atom stereocenters. The summed E-state index contributed by atoms with van der Waals surface area (Å²) < 4.78 is 0. The van der Waals surface area contributed by atoms with E-state index >= 15 is 0 Å². The highest BCUT2D eigenvalue weighted by Gasteiger charge is 1.68. The molecule has 0 aromatic carbocycles. The van der Waals surface area contributed by atoms with Crippen LogP contribution in [0, 0.1) is 0 Å². The van der Waals surface area contributed by atoms with Crippen LogP contribution in [0.1, 0.15) is 41.0 Å². The van der Waals surface area contributed by atoms with Gasteiger partial charge in [0.1, 0.15) is 0 Å². The molecule has 0 aliphatic heterocycles. The molecule has 0 radical (unpaired) electrons. The van der Waals surface area contributed by atoms with Gasteiger partial charge in [0.15, 0.2) is 0 Å². The van der Waals surface area contributed by atoms with E-state index in [-0.39, 0.29) is 1.43 Å². The van der Waals surface area contributed by atoms with Gasteiger partial charge in [0.25, 0.3) is 0 Å². The van der Waals surface area contributed by atoms with Crippen molar-refractivity contribution < 1.29 is 1.43 Å². The van der Waals surface area contributed by atoms with Crippen molar-refractivity contribution in [3.05, 3.63) is 0 Å². The average Bonchev–Trinajstić information content (AvgIpc) is 1.93. The van der Waals surface area contributed by atoms with Crippen LogP contribution >= 0.6 is 0 Å². The molecule has 0 aliphatic carbocycles. The van der Waals surface area contributed by atoms with Crippen LogP contribution in [-0.4, -0.2) is 13.1 Å². The zero-order chi connectivity index (χ0) is 8.24. The molecule has 0 rings (SSSR count). The van der Waals surface area contributed by atoms with Gasteiger partial charge in [-0.3, -0.25) is 0 Å². The highest BCUT2D eigenvalue weighted by Crippen LogP contribution is 1.77. The van der Waals surface area contributed by atoms with Crippen LogP contribution < -0.4 is 11.5 Å². The summed E-state index contributed by atoms with van der Waals surface area (Å²) in [7, 11) is 0. The largest absolute Gasteiger partial charge is 1.00 e. The molecule has 2 heteroatoms. The molecule has 0 aromatic heterocycles. The Morgan fingerprint density at radius 2 is 1.20 bits per heavy atom. The maximum atomic E-state index is 5.14. The van der Waals surface area contributed by atoms with E-state index in [1.165, 1.54) is 25.7 Å². The van der Waals surface area contributed by atoms with Gasteiger partial charge in [-0.1, -0.05) is 26.7 Å². The highest BCUT2D eigenvalue weighted by molar-refractivity contribution is 4.29. The summed E-state index contributed by atoms with van der Waals surface area (Å²) in [6, 6.07) is 0. The van der Waals surface area contributed by atoms with Gasteiger partial charge in [-0.2, -0.15) is 0 Å². The first-order valence-electron chi connectivity index (χ1n) is 4.23. The Morgan fingerprint density at radius 3 is 1.20 bits per heavy atom. The van der Waals surface area contributed by atoms with Gasteiger partial charge in [0.05, 0.1) is 0 Å². The van der Waals surface area contributed by atoms with Crippen molar-refractivity contribution in [1.29, 1.82) is 0 Å². The Bertz CT molecular complexity index is 33.1. The minimum Gasteiger partial charge on any atom is -0.330 e. The zero-order valence-electron chi connectivity index (χ0n) is 8.40. The van der Waals surface area contributed by atoms with Crippen molar-refractivity contribution >= 4 is 0 Å². The van der Waals surface area contributed by atoms with Crippen LogP contribution in [0.15, 0.2) is 0 Å². The lowest BCUT2D eigenvalue weighted by Gasteiger charge is -1.80. The predicted octanol–water partition coefficient (Wildman–Crippen LogP) is 1.60. The highest BCUT2D eigenvalue weighted by atomic mass is 14.5. The van der Waals surface area contributed by atoms with E-state index in [0.717, 1.165) is 13.1 Å². The van der Waals surface area contributed by atoms with Gasteiger partial charge in [0.2, 0.25) is 0 Å². The monoisotopic (exact) mass is 147 g/mol. The molecule has 0 heterocycles. The standard InChI is InChI=1S/2C4H11N/c2*1-2-3-4-5/h2*2-5H2,1H3/p+1. The summed E-state index contributed by atoms with van der Waals surface area (Å²) in [6.07, 6.45) is 4.77. The van der Waals surface area contributed by atoms with Gasteiger partial charge in [-0.05, 0) is 25.9 Å². The average molecular weight is 147 g/mol. The quantitative estimate of drug-likeness (QED) is 0.634. The van der Waals surface area contributed by atoms with E-state index in [9.17, 15) is 0 Å². The minimum atomic E-state index is 0.